The van der Waals surface area contributed by atoms with E-state index in [0.29, 0.717) is 12.1 Å². The van der Waals surface area contributed by atoms with Gasteiger partial charge in [0.2, 0.25) is 5.91 Å². The lowest BCUT2D eigenvalue weighted by Crippen LogP contribution is -2.30. The van der Waals surface area contributed by atoms with Crippen LogP contribution < -0.4 is 10.6 Å². The molecule has 0 saturated heterocycles. The average molecular weight is 297 g/mol. The summed E-state index contributed by atoms with van der Waals surface area (Å²) in [6.07, 6.45) is 0.490. The maximum absolute atomic E-state index is 12.3. The van der Waals surface area contributed by atoms with E-state index in [9.17, 15) is 4.79 Å². The van der Waals surface area contributed by atoms with Crippen molar-refractivity contribution in [1.29, 1.82) is 0 Å². The minimum Gasteiger partial charge on any atom is -0.399 e. The molecule has 0 aromatic heterocycles. The summed E-state index contributed by atoms with van der Waals surface area (Å²) in [6, 6.07) is 17.6. The first-order valence-electron chi connectivity index (χ1n) is 7.41. The Morgan fingerprint density at radius 2 is 1.64 bits per heavy atom. The molecular formula is C18H23N3O. The third-order valence-corrected chi connectivity index (χ3v) is 3.66. The molecule has 2 rings (SSSR count). The molecule has 116 valence electrons. The van der Waals surface area contributed by atoms with Crippen LogP contribution in [0.5, 0.6) is 0 Å². The Morgan fingerprint density at radius 3 is 2.27 bits per heavy atom. The minimum atomic E-state index is 0.102. The van der Waals surface area contributed by atoms with Crippen LogP contribution in [-0.2, 0) is 11.3 Å². The maximum Gasteiger partial charge on any atom is 0.228 e. The molecule has 0 atom stereocenters. The van der Waals surface area contributed by atoms with Crippen molar-refractivity contribution in [2.45, 2.75) is 13.0 Å². The van der Waals surface area contributed by atoms with Gasteiger partial charge in [-0.1, -0.05) is 30.3 Å². The predicted molar refractivity (Wildman–Crippen MR) is 91.7 cm³/mol. The summed E-state index contributed by atoms with van der Waals surface area (Å²) in [5.74, 6) is 0.102. The second-order valence-corrected chi connectivity index (χ2v) is 5.52. The highest BCUT2D eigenvalue weighted by atomic mass is 16.2. The fourth-order valence-corrected chi connectivity index (χ4v) is 2.27. The molecule has 2 N–H and O–H groups in total. The molecule has 0 spiro atoms. The van der Waals surface area contributed by atoms with E-state index in [2.05, 4.69) is 17.0 Å². The van der Waals surface area contributed by atoms with Crippen LogP contribution in [0.3, 0.4) is 0 Å². The topological polar surface area (TPSA) is 49.6 Å². The number of rotatable bonds is 6. The Balaban J connectivity index is 1.82. The first-order valence-corrected chi connectivity index (χ1v) is 7.41. The van der Waals surface area contributed by atoms with E-state index in [-0.39, 0.29) is 5.91 Å². The zero-order chi connectivity index (χ0) is 15.9. The van der Waals surface area contributed by atoms with Gasteiger partial charge in [0.15, 0.2) is 0 Å². The van der Waals surface area contributed by atoms with Crippen LogP contribution in [-0.4, -0.2) is 31.4 Å². The number of anilines is 2. The van der Waals surface area contributed by atoms with Gasteiger partial charge in [-0.15, -0.1) is 0 Å². The van der Waals surface area contributed by atoms with Crippen molar-refractivity contribution in [2.24, 2.45) is 0 Å². The van der Waals surface area contributed by atoms with Gasteiger partial charge in [-0.2, -0.15) is 0 Å². The third-order valence-electron chi connectivity index (χ3n) is 3.66. The van der Waals surface area contributed by atoms with Gasteiger partial charge in [-0.25, -0.2) is 0 Å². The number of benzene rings is 2. The number of hydrogen-bond acceptors (Lipinski definition) is 3. The lowest BCUT2D eigenvalue weighted by atomic mass is 10.2. The van der Waals surface area contributed by atoms with Crippen LogP contribution in [0.25, 0.3) is 0 Å². The maximum atomic E-state index is 12.3. The van der Waals surface area contributed by atoms with Gasteiger partial charge < -0.3 is 15.5 Å². The van der Waals surface area contributed by atoms with Crippen molar-refractivity contribution in [3.05, 3.63) is 60.2 Å². The second kappa shape index (κ2) is 7.61. The van der Waals surface area contributed by atoms with E-state index in [0.717, 1.165) is 18.8 Å². The zero-order valence-electron chi connectivity index (χ0n) is 13.2. The quantitative estimate of drug-likeness (QED) is 0.834. The highest BCUT2D eigenvalue weighted by molar-refractivity contribution is 5.93. The van der Waals surface area contributed by atoms with Crippen molar-refractivity contribution in [3.63, 3.8) is 0 Å². The first kappa shape index (κ1) is 16.0. The van der Waals surface area contributed by atoms with Crippen LogP contribution in [0.15, 0.2) is 54.6 Å². The fraction of sp³-hybridized carbons (Fsp3) is 0.278. The fourth-order valence-electron chi connectivity index (χ4n) is 2.27. The summed E-state index contributed by atoms with van der Waals surface area (Å²) in [6.45, 7) is 1.58. The summed E-state index contributed by atoms with van der Waals surface area (Å²) >= 11 is 0. The Labute approximate surface area is 132 Å². The molecule has 0 saturated carbocycles. The van der Waals surface area contributed by atoms with Gasteiger partial charge in [-0.3, -0.25) is 4.79 Å². The summed E-state index contributed by atoms with van der Waals surface area (Å²) < 4.78 is 0. The largest absolute Gasteiger partial charge is 0.399 e. The van der Waals surface area contributed by atoms with Crippen molar-refractivity contribution in [1.82, 2.24) is 4.90 Å². The van der Waals surface area contributed by atoms with E-state index in [1.807, 2.05) is 37.4 Å². The average Bonchev–Trinajstić information content (AvgIpc) is 2.53. The highest BCUT2D eigenvalue weighted by Crippen LogP contribution is 2.15. The van der Waals surface area contributed by atoms with Crippen molar-refractivity contribution in [3.8, 4) is 0 Å². The van der Waals surface area contributed by atoms with Crippen LogP contribution in [0.1, 0.15) is 12.0 Å². The zero-order valence-corrected chi connectivity index (χ0v) is 13.2. The molecule has 0 radical (unpaired) electrons. The summed E-state index contributed by atoms with van der Waals surface area (Å²) in [5, 5.41) is 0. The second-order valence-electron chi connectivity index (χ2n) is 5.52. The molecule has 0 fully saturated rings. The number of nitrogens with zero attached hydrogens (tertiary/aromatic N) is 2. The highest BCUT2D eigenvalue weighted by Gasteiger charge is 2.11. The molecule has 0 aliphatic carbocycles. The Hall–Kier alpha value is -2.33. The molecule has 0 aliphatic rings. The van der Waals surface area contributed by atoms with Gasteiger partial charge in [-0.05, 0) is 36.9 Å². The first-order chi connectivity index (χ1) is 10.6. The van der Waals surface area contributed by atoms with Crippen molar-refractivity contribution in [2.75, 3.05) is 31.3 Å². The smallest absolute Gasteiger partial charge is 0.228 e. The summed E-state index contributed by atoms with van der Waals surface area (Å²) in [5.41, 5.74) is 8.49. The minimum absolute atomic E-state index is 0.102. The number of hydrogen-bond donors (Lipinski definition) is 1. The molecule has 2 aromatic rings. The number of nitrogens with two attached hydrogens (primary N) is 1. The number of carbonyl (C=O) groups excluding carboxylic acids is 1. The van der Waals surface area contributed by atoms with E-state index in [1.54, 1.807) is 24.1 Å². The lowest BCUT2D eigenvalue weighted by Gasteiger charge is -2.20. The molecule has 0 bridgehead atoms. The van der Waals surface area contributed by atoms with Crippen LogP contribution >= 0.6 is 0 Å². The van der Waals surface area contributed by atoms with Crippen LogP contribution in [0.2, 0.25) is 0 Å². The molecule has 22 heavy (non-hydrogen) atoms. The van der Waals surface area contributed by atoms with Crippen molar-refractivity contribution >= 4 is 17.3 Å². The number of amides is 1. The predicted octanol–water partition coefficient (Wildman–Crippen LogP) is 2.75. The summed E-state index contributed by atoms with van der Waals surface area (Å²) in [7, 11) is 3.83. The third kappa shape index (κ3) is 4.60. The molecule has 4 heteroatoms. The van der Waals surface area contributed by atoms with Gasteiger partial charge in [0.1, 0.15) is 0 Å². The van der Waals surface area contributed by atoms with Crippen molar-refractivity contribution < 1.29 is 4.79 Å². The van der Waals surface area contributed by atoms with Crippen LogP contribution in [0.4, 0.5) is 11.4 Å². The Kier molecular flexibility index (Phi) is 5.55. The van der Waals surface area contributed by atoms with E-state index in [4.69, 9.17) is 5.73 Å². The number of nitrogen functional groups attached to an aromatic ring is 1. The molecule has 0 unspecified atom stereocenters. The normalized spacial score (nSPS) is 10.7. The monoisotopic (exact) mass is 297 g/mol. The van der Waals surface area contributed by atoms with Gasteiger partial charge in [0.05, 0.1) is 0 Å². The molecule has 4 nitrogen and oxygen atoms in total. The molecule has 2 aromatic carbocycles. The van der Waals surface area contributed by atoms with Gasteiger partial charge >= 0.3 is 0 Å². The molecule has 0 aliphatic heterocycles. The SMILES string of the molecule is CN(CCC(=O)N(C)c1ccc(N)cc1)Cc1ccccc1. The van der Waals surface area contributed by atoms with E-state index >= 15 is 0 Å². The van der Waals surface area contributed by atoms with Gasteiger partial charge in [0, 0.05) is 37.9 Å². The molecule has 1 amide bonds. The Morgan fingerprint density at radius 1 is 1.00 bits per heavy atom. The number of carbonyl (C=O) groups is 1. The van der Waals surface area contributed by atoms with Gasteiger partial charge in [0.25, 0.3) is 0 Å². The van der Waals surface area contributed by atoms with E-state index in [1.165, 1.54) is 5.56 Å². The van der Waals surface area contributed by atoms with E-state index < -0.39 is 0 Å². The Bertz CT molecular complexity index is 595. The van der Waals surface area contributed by atoms with Crippen LogP contribution in [0, 0.1) is 0 Å². The lowest BCUT2D eigenvalue weighted by molar-refractivity contribution is -0.118. The summed E-state index contributed by atoms with van der Waals surface area (Å²) in [4.78, 5) is 16.1. The standard InChI is InChI=1S/C18H23N3O/c1-20(14-15-6-4-3-5-7-15)13-12-18(22)21(2)17-10-8-16(19)9-11-17/h3-11H,12-14,19H2,1-2H3. The molecular weight excluding hydrogens is 274 g/mol. The molecule has 0 heterocycles.